The Kier molecular flexibility index (Phi) is 3.80. The van der Waals surface area contributed by atoms with Gasteiger partial charge in [-0.3, -0.25) is 0 Å². The van der Waals surface area contributed by atoms with E-state index in [1.165, 1.54) is 10.7 Å². The third-order valence-corrected chi connectivity index (χ3v) is 4.04. The maximum Gasteiger partial charge on any atom is 0.416 e. The number of aromatic nitrogens is 2. The molecule has 0 unspecified atom stereocenters. The zero-order chi connectivity index (χ0) is 15.9. The molecule has 3 rings (SSSR count). The number of nitrogens with zero attached hydrogens (tertiary/aromatic N) is 2. The van der Waals surface area contributed by atoms with Gasteiger partial charge in [0, 0.05) is 12.1 Å². The average molecular weight is 330 g/mol. The van der Waals surface area contributed by atoms with Crippen LogP contribution in [0.2, 0.25) is 5.02 Å². The van der Waals surface area contributed by atoms with Crippen molar-refractivity contribution in [1.82, 2.24) is 9.78 Å². The summed E-state index contributed by atoms with van der Waals surface area (Å²) in [7, 11) is 0. The molecule has 0 radical (unpaired) electrons. The van der Waals surface area contributed by atoms with Gasteiger partial charge in [-0.15, -0.1) is 0 Å². The number of aryl methyl sites for hydroxylation is 1. The topological polar surface area (TPSA) is 29.9 Å². The molecule has 0 amide bonds. The molecule has 1 aliphatic rings. The third kappa shape index (κ3) is 2.56. The molecule has 2 aromatic rings. The quantitative estimate of drug-likeness (QED) is 0.900. The first kappa shape index (κ1) is 15.2. The molecule has 0 saturated heterocycles. The number of alkyl halides is 3. The fourth-order valence-electron chi connectivity index (χ4n) is 2.71. The minimum Gasteiger partial charge on any atom is -0.369 e. The van der Waals surface area contributed by atoms with Crippen molar-refractivity contribution in [2.45, 2.75) is 32.4 Å². The summed E-state index contributed by atoms with van der Waals surface area (Å²) in [4.78, 5) is 0. The zero-order valence-electron chi connectivity index (χ0n) is 12.0. The van der Waals surface area contributed by atoms with Crippen molar-refractivity contribution in [2.75, 3.05) is 11.9 Å². The van der Waals surface area contributed by atoms with Crippen molar-refractivity contribution in [1.29, 1.82) is 0 Å². The van der Waals surface area contributed by atoms with Gasteiger partial charge in [0.25, 0.3) is 0 Å². The molecule has 0 saturated carbocycles. The molecule has 0 aliphatic carbocycles. The molecular formula is C15H15ClF3N3. The summed E-state index contributed by atoms with van der Waals surface area (Å²) in [6.07, 6.45) is -1.84. The van der Waals surface area contributed by atoms with Gasteiger partial charge >= 0.3 is 6.18 Å². The maximum absolute atomic E-state index is 12.9. The lowest BCUT2D eigenvalue weighted by atomic mass is 10.1. The molecule has 1 aliphatic heterocycles. The number of fused-ring (bicyclic) bond motifs is 1. The van der Waals surface area contributed by atoms with Gasteiger partial charge in [-0.25, -0.2) is 4.68 Å². The Labute approximate surface area is 131 Å². The molecule has 0 spiro atoms. The molecule has 3 nitrogen and oxygen atoms in total. The molecule has 118 valence electrons. The van der Waals surface area contributed by atoms with Crippen LogP contribution in [0.1, 0.15) is 30.2 Å². The molecular weight excluding hydrogens is 315 g/mol. The number of benzene rings is 1. The lowest BCUT2D eigenvalue weighted by molar-refractivity contribution is -0.137. The Hall–Kier alpha value is -1.69. The number of hydrogen-bond acceptors (Lipinski definition) is 2. The Bertz CT molecular complexity index is 707. The van der Waals surface area contributed by atoms with Crippen LogP contribution in [-0.4, -0.2) is 16.3 Å². The van der Waals surface area contributed by atoms with E-state index >= 15 is 0 Å². The highest BCUT2D eigenvalue weighted by molar-refractivity contribution is 6.32. The van der Waals surface area contributed by atoms with E-state index in [2.05, 4.69) is 10.4 Å². The van der Waals surface area contributed by atoms with Gasteiger partial charge in [0.15, 0.2) is 0 Å². The SMILES string of the molecule is CCCc1nn(-c2cc(C(F)(F)F)ccc2Cl)c2c1CCN2. The number of anilines is 1. The van der Waals surface area contributed by atoms with Crippen molar-refractivity contribution in [3.63, 3.8) is 0 Å². The summed E-state index contributed by atoms with van der Waals surface area (Å²) < 4.78 is 40.3. The van der Waals surface area contributed by atoms with E-state index in [1.54, 1.807) is 0 Å². The Morgan fingerprint density at radius 3 is 2.82 bits per heavy atom. The van der Waals surface area contributed by atoms with Crippen molar-refractivity contribution in [3.05, 3.63) is 40.0 Å². The van der Waals surface area contributed by atoms with Gasteiger partial charge in [-0.1, -0.05) is 24.9 Å². The summed E-state index contributed by atoms with van der Waals surface area (Å²) >= 11 is 6.11. The number of halogens is 4. The number of hydrogen-bond donors (Lipinski definition) is 1. The van der Waals surface area contributed by atoms with Crippen LogP contribution in [-0.2, 0) is 19.0 Å². The molecule has 1 N–H and O–H groups in total. The second-order valence-electron chi connectivity index (χ2n) is 5.28. The van der Waals surface area contributed by atoms with Crippen LogP contribution < -0.4 is 5.32 Å². The summed E-state index contributed by atoms with van der Waals surface area (Å²) in [5.74, 6) is 0.754. The summed E-state index contributed by atoms with van der Waals surface area (Å²) in [6, 6.07) is 3.30. The highest BCUT2D eigenvalue weighted by Crippen LogP contribution is 2.36. The number of rotatable bonds is 3. The molecule has 1 aromatic carbocycles. The molecule has 22 heavy (non-hydrogen) atoms. The summed E-state index contributed by atoms with van der Waals surface area (Å²) in [5, 5.41) is 7.92. The largest absolute Gasteiger partial charge is 0.416 e. The first-order valence-electron chi connectivity index (χ1n) is 7.13. The molecule has 0 bridgehead atoms. The molecule has 2 heterocycles. The van der Waals surface area contributed by atoms with E-state index in [9.17, 15) is 13.2 Å². The summed E-state index contributed by atoms with van der Waals surface area (Å²) in [6.45, 7) is 2.81. The van der Waals surface area contributed by atoms with Crippen LogP contribution in [0.4, 0.5) is 19.0 Å². The monoisotopic (exact) mass is 329 g/mol. The predicted molar refractivity (Wildman–Crippen MR) is 79.8 cm³/mol. The third-order valence-electron chi connectivity index (χ3n) is 3.72. The Morgan fingerprint density at radius 1 is 1.36 bits per heavy atom. The predicted octanol–water partition coefficient (Wildman–Crippen LogP) is 4.47. The van der Waals surface area contributed by atoms with Crippen LogP contribution in [0.25, 0.3) is 5.69 Å². The second kappa shape index (κ2) is 5.50. The van der Waals surface area contributed by atoms with E-state index in [-0.39, 0.29) is 10.7 Å². The normalized spacial score (nSPS) is 14.0. The van der Waals surface area contributed by atoms with Gasteiger partial charge in [-0.2, -0.15) is 18.3 Å². The van der Waals surface area contributed by atoms with Crippen LogP contribution >= 0.6 is 11.6 Å². The molecule has 0 atom stereocenters. The van der Waals surface area contributed by atoms with Gasteiger partial charge in [-0.05, 0) is 31.0 Å². The highest BCUT2D eigenvalue weighted by Gasteiger charge is 2.32. The van der Waals surface area contributed by atoms with Crippen LogP contribution in [0.3, 0.4) is 0 Å². The van der Waals surface area contributed by atoms with E-state index in [0.717, 1.165) is 55.0 Å². The second-order valence-corrected chi connectivity index (χ2v) is 5.68. The standard InChI is InChI=1S/C15H15ClF3N3/c1-2-3-12-10-6-7-20-14(10)22(21-12)13-8-9(15(17,18)19)4-5-11(13)16/h4-5,8,20H,2-3,6-7H2,1H3. The van der Waals surface area contributed by atoms with E-state index < -0.39 is 11.7 Å². The minimum absolute atomic E-state index is 0.245. The van der Waals surface area contributed by atoms with Crippen molar-refractivity contribution >= 4 is 17.4 Å². The zero-order valence-corrected chi connectivity index (χ0v) is 12.7. The maximum atomic E-state index is 12.9. The molecule has 7 heteroatoms. The molecule has 0 fully saturated rings. The number of nitrogens with one attached hydrogen (secondary N) is 1. The summed E-state index contributed by atoms with van der Waals surface area (Å²) in [5.41, 5.74) is 1.53. The minimum atomic E-state index is -4.41. The van der Waals surface area contributed by atoms with Gasteiger partial charge < -0.3 is 5.32 Å². The molecule has 1 aromatic heterocycles. The fourth-order valence-corrected chi connectivity index (χ4v) is 2.91. The Balaban J connectivity index is 2.14. The van der Waals surface area contributed by atoms with Crippen LogP contribution in [0.5, 0.6) is 0 Å². The van der Waals surface area contributed by atoms with Crippen LogP contribution in [0.15, 0.2) is 18.2 Å². The Morgan fingerprint density at radius 2 is 2.14 bits per heavy atom. The first-order chi connectivity index (χ1) is 10.4. The fraction of sp³-hybridized carbons (Fsp3) is 0.400. The van der Waals surface area contributed by atoms with Crippen molar-refractivity contribution in [2.24, 2.45) is 0 Å². The lowest BCUT2D eigenvalue weighted by Gasteiger charge is -2.12. The van der Waals surface area contributed by atoms with Crippen molar-refractivity contribution in [3.8, 4) is 5.69 Å². The van der Waals surface area contributed by atoms with Gasteiger partial charge in [0.1, 0.15) is 5.82 Å². The average Bonchev–Trinajstić information content (AvgIpc) is 3.02. The van der Waals surface area contributed by atoms with Crippen LogP contribution in [0, 0.1) is 0 Å². The van der Waals surface area contributed by atoms with E-state index in [1.807, 2.05) is 6.92 Å². The highest BCUT2D eigenvalue weighted by atomic mass is 35.5. The van der Waals surface area contributed by atoms with Gasteiger partial charge in [0.05, 0.1) is 22.0 Å². The first-order valence-corrected chi connectivity index (χ1v) is 7.51. The van der Waals surface area contributed by atoms with Gasteiger partial charge in [0.2, 0.25) is 0 Å². The smallest absolute Gasteiger partial charge is 0.369 e. The van der Waals surface area contributed by atoms with Crippen molar-refractivity contribution < 1.29 is 13.2 Å². The van der Waals surface area contributed by atoms with E-state index in [4.69, 9.17) is 11.6 Å². The van der Waals surface area contributed by atoms with E-state index in [0.29, 0.717) is 0 Å². The lowest BCUT2D eigenvalue weighted by Crippen LogP contribution is -2.09.